The first-order valence-corrected chi connectivity index (χ1v) is 13.3. The number of phenolic OH excluding ortho intramolecular Hbond substituents is 1. The zero-order valence-corrected chi connectivity index (χ0v) is 23.8. The molecule has 1 aromatic carbocycles. The molecule has 1 rings (SSSR count). The molecule has 0 aliphatic heterocycles. The lowest BCUT2D eigenvalue weighted by molar-refractivity contribution is -0.144. The van der Waals surface area contributed by atoms with Crippen LogP contribution >= 0.6 is 0 Å². The molecule has 1 aromatic rings. The van der Waals surface area contributed by atoms with Crippen LogP contribution in [0.1, 0.15) is 85.8 Å². The molecule has 10 nitrogen and oxygen atoms in total. The Morgan fingerprint density at radius 1 is 1.05 bits per heavy atom. The molecule has 0 aliphatic rings. The van der Waals surface area contributed by atoms with E-state index in [-0.39, 0.29) is 37.8 Å². The van der Waals surface area contributed by atoms with Gasteiger partial charge in [-0.3, -0.25) is 14.4 Å². The van der Waals surface area contributed by atoms with Crippen LogP contribution in [0.2, 0.25) is 0 Å². The van der Waals surface area contributed by atoms with Crippen LogP contribution in [0.5, 0.6) is 5.75 Å². The molecule has 3 amide bonds. The molecule has 2 atom stereocenters. The summed E-state index contributed by atoms with van der Waals surface area (Å²) in [6.07, 6.45) is 1.00. The lowest BCUT2D eigenvalue weighted by Gasteiger charge is -2.35. The lowest BCUT2D eigenvalue weighted by atomic mass is 9.98. The third-order valence-corrected chi connectivity index (χ3v) is 5.43. The van der Waals surface area contributed by atoms with E-state index in [4.69, 9.17) is 9.47 Å². The van der Waals surface area contributed by atoms with Gasteiger partial charge in [0.05, 0.1) is 13.0 Å². The maximum atomic E-state index is 14.0. The predicted molar refractivity (Wildman–Crippen MR) is 144 cm³/mol. The third kappa shape index (κ3) is 11.8. The van der Waals surface area contributed by atoms with Gasteiger partial charge in [-0.05, 0) is 64.2 Å². The highest BCUT2D eigenvalue weighted by Gasteiger charge is 2.36. The lowest BCUT2D eigenvalue weighted by Crippen LogP contribution is -2.53. The number of amides is 3. The van der Waals surface area contributed by atoms with Crippen LogP contribution in [0.15, 0.2) is 24.3 Å². The number of unbranched alkanes of at least 4 members (excludes halogenated alkanes) is 1. The summed E-state index contributed by atoms with van der Waals surface area (Å²) in [7, 11) is 0. The first-order chi connectivity index (χ1) is 17.8. The molecule has 0 heterocycles. The standard InChI is InChI=1S/C28H45N3O7/c1-8-10-17-31(26(35)22(18-19(3)4)30-27(36)38-28(5,6)7)24(20-11-13-21(32)14-12-20)25(34)29-16-15-23(33)37-9-2/h11-14,19,22,24,32H,8-10,15-18H2,1-7H3,(H,29,34)(H,30,36). The second kappa shape index (κ2) is 15.8. The molecular weight excluding hydrogens is 490 g/mol. The Morgan fingerprint density at radius 3 is 2.21 bits per heavy atom. The Balaban J connectivity index is 3.37. The Labute approximate surface area is 226 Å². The van der Waals surface area contributed by atoms with Crippen LogP contribution in [-0.4, -0.2) is 65.2 Å². The van der Waals surface area contributed by atoms with Gasteiger partial charge in [0, 0.05) is 13.1 Å². The van der Waals surface area contributed by atoms with E-state index in [0.29, 0.717) is 18.4 Å². The molecule has 0 bridgehead atoms. The maximum Gasteiger partial charge on any atom is 0.408 e. The summed E-state index contributed by atoms with van der Waals surface area (Å²) in [5.74, 6) is -1.25. The number of benzene rings is 1. The minimum absolute atomic E-state index is 0.0129. The van der Waals surface area contributed by atoms with E-state index in [1.165, 1.54) is 17.0 Å². The van der Waals surface area contributed by atoms with Crippen LogP contribution in [0.4, 0.5) is 4.79 Å². The second-order valence-electron chi connectivity index (χ2n) is 10.6. The van der Waals surface area contributed by atoms with E-state index in [2.05, 4.69) is 10.6 Å². The van der Waals surface area contributed by atoms with Gasteiger partial charge in [-0.25, -0.2) is 4.79 Å². The summed E-state index contributed by atoms with van der Waals surface area (Å²) in [5, 5.41) is 15.2. The van der Waals surface area contributed by atoms with Gasteiger partial charge < -0.3 is 30.1 Å². The fraction of sp³-hybridized carbons (Fsp3) is 0.643. The van der Waals surface area contributed by atoms with Crippen LogP contribution in [0.3, 0.4) is 0 Å². The van der Waals surface area contributed by atoms with E-state index in [9.17, 15) is 24.3 Å². The normalized spacial score (nSPS) is 12.8. The summed E-state index contributed by atoms with van der Waals surface area (Å²) in [6, 6.07) is 4.08. The van der Waals surface area contributed by atoms with E-state index in [0.717, 1.165) is 6.42 Å². The van der Waals surface area contributed by atoms with Gasteiger partial charge in [0.1, 0.15) is 23.4 Å². The third-order valence-electron chi connectivity index (χ3n) is 5.43. The molecule has 0 saturated carbocycles. The Hall–Kier alpha value is -3.30. The number of ether oxygens (including phenoxy) is 2. The van der Waals surface area contributed by atoms with Crippen LogP contribution in [0, 0.1) is 5.92 Å². The molecule has 2 unspecified atom stereocenters. The van der Waals surface area contributed by atoms with Crippen LogP contribution in [-0.2, 0) is 23.9 Å². The van der Waals surface area contributed by atoms with E-state index >= 15 is 0 Å². The number of rotatable bonds is 14. The van der Waals surface area contributed by atoms with Gasteiger partial charge in [0.2, 0.25) is 11.8 Å². The smallest absolute Gasteiger partial charge is 0.408 e. The summed E-state index contributed by atoms with van der Waals surface area (Å²) in [6.45, 7) is 13.3. The van der Waals surface area contributed by atoms with Crippen molar-refractivity contribution in [3.8, 4) is 5.75 Å². The molecular formula is C28H45N3O7. The monoisotopic (exact) mass is 535 g/mol. The Morgan fingerprint density at radius 2 is 1.68 bits per heavy atom. The fourth-order valence-corrected chi connectivity index (χ4v) is 3.78. The first-order valence-electron chi connectivity index (χ1n) is 13.3. The highest BCUT2D eigenvalue weighted by Crippen LogP contribution is 2.26. The zero-order chi connectivity index (χ0) is 28.9. The van der Waals surface area contributed by atoms with Crippen molar-refractivity contribution in [1.29, 1.82) is 0 Å². The largest absolute Gasteiger partial charge is 0.508 e. The number of nitrogens with zero attached hydrogens (tertiary/aromatic N) is 1. The summed E-state index contributed by atoms with van der Waals surface area (Å²) in [4.78, 5) is 53.3. The van der Waals surface area contributed by atoms with E-state index in [1.54, 1.807) is 39.8 Å². The number of carbonyl (C=O) groups is 4. The van der Waals surface area contributed by atoms with Crippen molar-refractivity contribution in [3.05, 3.63) is 29.8 Å². The Kier molecular flexibility index (Phi) is 13.6. The molecule has 0 fully saturated rings. The van der Waals surface area contributed by atoms with Gasteiger partial charge in [-0.1, -0.05) is 39.3 Å². The quantitative estimate of drug-likeness (QED) is 0.306. The van der Waals surface area contributed by atoms with Gasteiger partial charge in [-0.15, -0.1) is 0 Å². The first kappa shape index (κ1) is 32.7. The highest BCUT2D eigenvalue weighted by atomic mass is 16.6. The average molecular weight is 536 g/mol. The average Bonchev–Trinajstić information content (AvgIpc) is 2.80. The van der Waals surface area contributed by atoms with Crippen LogP contribution in [0.25, 0.3) is 0 Å². The molecule has 0 aliphatic carbocycles. The molecule has 214 valence electrons. The topological polar surface area (TPSA) is 134 Å². The fourth-order valence-electron chi connectivity index (χ4n) is 3.78. The van der Waals surface area contributed by atoms with Crippen molar-refractivity contribution in [3.63, 3.8) is 0 Å². The molecule has 38 heavy (non-hydrogen) atoms. The molecule has 0 radical (unpaired) electrons. The molecule has 0 spiro atoms. The van der Waals surface area contributed by atoms with E-state index in [1.807, 2.05) is 20.8 Å². The molecule has 3 N–H and O–H groups in total. The number of nitrogens with one attached hydrogen (secondary N) is 2. The number of carbonyl (C=O) groups excluding carboxylic acids is 4. The SMILES string of the molecule is CCCCN(C(=O)C(CC(C)C)NC(=O)OC(C)(C)C)C(C(=O)NCCC(=O)OCC)c1ccc(O)cc1. The summed E-state index contributed by atoms with van der Waals surface area (Å²) >= 11 is 0. The van der Waals surface area contributed by atoms with E-state index < -0.39 is 41.6 Å². The summed E-state index contributed by atoms with van der Waals surface area (Å²) in [5.41, 5.74) is -0.258. The summed E-state index contributed by atoms with van der Waals surface area (Å²) < 4.78 is 10.3. The van der Waals surface area contributed by atoms with Gasteiger partial charge in [0.25, 0.3) is 0 Å². The number of aromatic hydroxyl groups is 1. The van der Waals surface area contributed by atoms with Gasteiger partial charge >= 0.3 is 12.1 Å². The predicted octanol–water partition coefficient (Wildman–Crippen LogP) is 4.07. The minimum Gasteiger partial charge on any atom is -0.508 e. The minimum atomic E-state index is -1.05. The second-order valence-corrected chi connectivity index (χ2v) is 10.6. The molecule has 0 aromatic heterocycles. The highest BCUT2D eigenvalue weighted by molar-refractivity contribution is 5.92. The number of hydrogen-bond donors (Lipinski definition) is 3. The number of esters is 1. The van der Waals surface area contributed by atoms with Crippen molar-refractivity contribution in [2.24, 2.45) is 5.92 Å². The van der Waals surface area contributed by atoms with Crippen molar-refractivity contribution in [2.75, 3.05) is 19.7 Å². The van der Waals surface area contributed by atoms with Gasteiger partial charge in [0.15, 0.2) is 0 Å². The van der Waals surface area contributed by atoms with Gasteiger partial charge in [-0.2, -0.15) is 0 Å². The van der Waals surface area contributed by atoms with Crippen LogP contribution < -0.4 is 10.6 Å². The number of alkyl carbamates (subject to hydrolysis) is 1. The van der Waals surface area contributed by atoms with Crippen molar-refractivity contribution >= 4 is 23.9 Å². The molecule has 0 saturated heterocycles. The van der Waals surface area contributed by atoms with Crippen molar-refractivity contribution < 1.29 is 33.8 Å². The van der Waals surface area contributed by atoms with Crippen molar-refractivity contribution in [1.82, 2.24) is 15.5 Å². The maximum absolute atomic E-state index is 14.0. The number of phenols is 1. The zero-order valence-electron chi connectivity index (χ0n) is 23.8. The number of hydrogen-bond acceptors (Lipinski definition) is 7. The van der Waals surface area contributed by atoms with Crippen molar-refractivity contribution in [2.45, 2.75) is 91.8 Å². The Bertz CT molecular complexity index is 910. The molecule has 10 heteroatoms.